The van der Waals surface area contributed by atoms with Crippen LogP contribution in [0.5, 0.6) is 0 Å². The first kappa shape index (κ1) is 28.2. The number of nitrogens with zero attached hydrogens (tertiary/aromatic N) is 3. The van der Waals surface area contributed by atoms with Crippen molar-refractivity contribution in [3.8, 4) is 0 Å². The maximum Gasteiger partial charge on any atom is 0.249 e. The van der Waals surface area contributed by atoms with Crippen molar-refractivity contribution in [2.45, 2.75) is 97.2 Å². The number of hydrogen-bond donors (Lipinski definition) is 0. The molecule has 1 saturated carbocycles. The summed E-state index contributed by atoms with van der Waals surface area (Å²) >= 11 is 6.17. The van der Waals surface area contributed by atoms with E-state index >= 15 is 0 Å². The summed E-state index contributed by atoms with van der Waals surface area (Å²) < 4.78 is 0. The van der Waals surface area contributed by atoms with Crippen LogP contribution < -0.4 is 0 Å². The highest BCUT2D eigenvalue weighted by Crippen LogP contribution is 2.40. The molecule has 2 saturated heterocycles. The van der Waals surface area contributed by atoms with Gasteiger partial charge in [-0.1, -0.05) is 44.2 Å². The van der Waals surface area contributed by atoms with E-state index in [0.29, 0.717) is 29.1 Å². The van der Waals surface area contributed by atoms with Crippen molar-refractivity contribution in [3.63, 3.8) is 0 Å². The lowest BCUT2D eigenvalue weighted by Crippen LogP contribution is -2.51. The number of rotatable bonds is 5. The zero-order chi connectivity index (χ0) is 27.1. The van der Waals surface area contributed by atoms with Crippen molar-refractivity contribution < 1.29 is 9.59 Å². The third kappa shape index (κ3) is 6.25. The van der Waals surface area contributed by atoms with E-state index in [-0.39, 0.29) is 41.3 Å². The maximum atomic E-state index is 14.1. The van der Waals surface area contributed by atoms with Crippen LogP contribution in [0.25, 0.3) is 0 Å². The summed E-state index contributed by atoms with van der Waals surface area (Å²) in [4.78, 5) is 34.0. The van der Waals surface area contributed by atoms with E-state index < -0.39 is 0 Å². The highest BCUT2D eigenvalue weighted by molar-refractivity contribution is 6.30. The smallest absolute Gasteiger partial charge is 0.249 e. The predicted octanol–water partition coefficient (Wildman–Crippen LogP) is 6.13. The van der Waals surface area contributed by atoms with E-state index in [1.807, 2.05) is 24.0 Å². The number of carbonyl (C=O) groups excluding carboxylic acids is 2. The first-order valence-electron chi connectivity index (χ1n) is 14.0. The fourth-order valence-electron chi connectivity index (χ4n) is 6.57. The minimum atomic E-state index is -0.0973. The van der Waals surface area contributed by atoms with Crippen molar-refractivity contribution in [1.82, 2.24) is 14.7 Å². The average molecular weight is 528 g/mol. The van der Waals surface area contributed by atoms with E-state index in [1.54, 1.807) is 0 Å². The Bertz CT molecular complexity index is 1000. The van der Waals surface area contributed by atoms with Crippen LogP contribution in [-0.2, 0) is 9.59 Å². The van der Waals surface area contributed by atoms with Gasteiger partial charge in [-0.05, 0) is 82.9 Å². The Morgan fingerprint density at radius 1 is 1.00 bits per heavy atom. The molecule has 0 N–H and O–H groups in total. The zero-order valence-corrected chi connectivity index (χ0v) is 24.5. The summed E-state index contributed by atoms with van der Waals surface area (Å²) in [6.07, 6.45) is 5.14. The van der Waals surface area contributed by atoms with Crippen LogP contribution in [-0.4, -0.2) is 70.3 Å². The van der Waals surface area contributed by atoms with Gasteiger partial charge < -0.3 is 9.80 Å². The number of halogens is 1. The second-order valence-electron chi connectivity index (χ2n) is 13.5. The van der Waals surface area contributed by atoms with Crippen molar-refractivity contribution in [1.29, 1.82) is 0 Å². The first-order chi connectivity index (χ1) is 17.3. The molecule has 3 fully saturated rings. The van der Waals surface area contributed by atoms with Gasteiger partial charge in [-0.15, -0.1) is 0 Å². The monoisotopic (exact) mass is 527 g/mol. The second kappa shape index (κ2) is 10.7. The van der Waals surface area contributed by atoms with E-state index in [0.717, 1.165) is 45.2 Å². The van der Waals surface area contributed by atoms with Gasteiger partial charge in [0, 0.05) is 54.3 Å². The predicted molar refractivity (Wildman–Crippen MR) is 152 cm³/mol. The summed E-state index contributed by atoms with van der Waals surface area (Å²) in [5.41, 5.74) is 2.10. The lowest BCUT2D eigenvalue weighted by Gasteiger charge is -2.43. The topological polar surface area (TPSA) is 43.9 Å². The molecule has 5 nitrogen and oxygen atoms in total. The van der Waals surface area contributed by atoms with Crippen molar-refractivity contribution in [3.05, 3.63) is 47.0 Å². The minimum absolute atomic E-state index is 0.00723. The second-order valence-corrected chi connectivity index (χ2v) is 13.9. The molecule has 3 atom stereocenters. The van der Waals surface area contributed by atoms with Gasteiger partial charge in [0.15, 0.2) is 0 Å². The number of hydrogen-bond acceptors (Lipinski definition) is 3. The van der Waals surface area contributed by atoms with E-state index in [2.05, 4.69) is 63.1 Å². The molecular weight excluding hydrogens is 482 g/mol. The molecule has 0 unspecified atom stereocenters. The Kier molecular flexibility index (Phi) is 8.17. The Morgan fingerprint density at radius 2 is 1.62 bits per heavy atom. The van der Waals surface area contributed by atoms with Gasteiger partial charge in [-0.3, -0.25) is 14.5 Å². The summed E-state index contributed by atoms with van der Waals surface area (Å²) in [6.45, 7) is 20.0. The zero-order valence-electron chi connectivity index (χ0n) is 23.7. The molecule has 2 amide bonds. The standard InChI is InChI=1S/C31H46ClN3O2/c1-21(2)28(36)35(24-12-15-31(6,7)16-13-24)25-14-17-33(18-25)29(37)27-20-34(30(3,4)5)19-26(27)22-8-10-23(32)11-9-22/h8-11,24-27H,1,12-20H2,2-7H3/t25-,26-,27+/m0/s1. The van der Waals surface area contributed by atoms with Gasteiger partial charge in [-0.25, -0.2) is 0 Å². The molecule has 1 aromatic carbocycles. The normalized spacial score (nSPS) is 26.9. The van der Waals surface area contributed by atoms with Crippen molar-refractivity contribution >= 4 is 23.4 Å². The first-order valence-corrected chi connectivity index (χ1v) is 14.4. The molecule has 0 spiro atoms. The molecule has 0 radical (unpaired) electrons. The molecule has 0 bridgehead atoms. The van der Waals surface area contributed by atoms with Crippen LogP contribution in [0.3, 0.4) is 0 Å². The summed E-state index contributed by atoms with van der Waals surface area (Å²) in [5, 5.41) is 0.716. The van der Waals surface area contributed by atoms with Gasteiger partial charge in [0.25, 0.3) is 0 Å². The quantitative estimate of drug-likeness (QED) is 0.433. The minimum Gasteiger partial charge on any atom is -0.340 e. The van der Waals surface area contributed by atoms with Crippen molar-refractivity contribution in [2.75, 3.05) is 26.2 Å². The van der Waals surface area contributed by atoms with Crippen molar-refractivity contribution in [2.24, 2.45) is 11.3 Å². The largest absolute Gasteiger partial charge is 0.340 e. The Hall–Kier alpha value is -1.85. The molecule has 0 aromatic heterocycles. The number of benzene rings is 1. The Balaban J connectivity index is 1.52. The van der Waals surface area contributed by atoms with E-state index in [1.165, 1.54) is 5.56 Å². The third-order valence-electron chi connectivity index (χ3n) is 9.05. The maximum absolute atomic E-state index is 14.1. The Labute approximate surface area is 229 Å². The number of carbonyl (C=O) groups is 2. The molecule has 2 aliphatic heterocycles. The van der Waals surface area contributed by atoms with Crippen LogP contribution in [0.2, 0.25) is 5.02 Å². The highest BCUT2D eigenvalue weighted by atomic mass is 35.5. The summed E-state index contributed by atoms with van der Waals surface area (Å²) in [5.74, 6) is 0.321. The third-order valence-corrected chi connectivity index (χ3v) is 9.31. The van der Waals surface area contributed by atoms with Gasteiger partial charge in [0.2, 0.25) is 11.8 Å². The number of likely N-dealkylation sites (tertiary alicyclic amines) is 2. The lowest BCUT2D eigenvalue weighted by atomic mass is 9.75. The van der Waals surface area contributed by atoms with Gasteiger partial charge in [0.05, 0.1) is 12.0 Å². The highest BCUT2D eigenvalue weighted by Gasteiger charge is 2.46. The molecule has 1 aliphatic carbocycles. The van der Waals surface area contributed by atoms with E-state index in [4.69, 9.17) is 11.6 Å². The molecule has 37 heavy (non-hydrogen) atoms. The molecule has 1 aromatic rings. The fourth-order valence-corrected chi connectivity index (χ4v) is 6.69. The fraction of sp³-hybridized carbons (Fsp3) is 0.677. The Morgan fingerprint density at radius 3 is 2.19 bits per heavy atom. The molecule has 3 aliphatic rings. The molecule has 2 heterocycles. The van der Waals surface area contributed by atoms with Crippen LogP contribution in [0.4, 0.5) is 0 Å². The molecule has 4 rings (SSSR count). The van der Waals surface area contributed by atoms with Gasteiger partial charge >= 0.3 is 0 Å². The van der Waals surface area contributed by atoms with Crippen LogP contribution in [0.15, 0.2) is 36.4 Å². The SMILES string of the molecule is C=C(C)C(=O)N(C1CCC(C)(C)CC1)[C@H]1CCN(C(=O)[C@@H]2CN(C(C)(C)C)C[C@H]2c2ccc(Cl)cc2)C1. The van der Waals surface area contributed by atoms with Crippen LogP contribution >= 0.6 is 11.6 Å². The lowest BCUT2D eigenvalue weighted by molar-refractivity contribution is -0.137. The molecule has 6 heteroatoms. The summed E-state index contributed by atoms with van der Waals surface area (Å²) in [7, 11) is 0. The van der Waals surface area contributed by atoms with Crippen LogP contribution in [0.1, 0.15) is 85.1 Å². The van der Waals surface area contributed by atoms with Gasteiger partial charge in [0.1, 0.15) is 0 Å². The molecular formula is C31H46ClN3O2. The summed E-state index contributed by atoms with van der Waals surface area (Å²) in [6, 6.07) is 8.30. The van der Waals surface area contributed by atoms with Gasteiger partial charge in [-0.2, -0.15) is 0 Å². The van der Waals surface area contributed by atoms with Crippen LogP contribution in [0, 0.1) is 11.3 Å². The van der Waals surface area contributed by atoms with E-state index in [9.17, 15) is 9.59 Å². The average Bonchev–Trinajstić information content (AvgIpc) is 3.48. The molecule has 204 valence electrons. The number of amides is 2.